The van der Waals surface area contributed by atoms with Crippen LogP contribution in [0.1, 0.15) is 48.0 Å². The molecule has 0 spiro atoms. The van der Waals surface area contributed by atoms with Crippen LogP contribution in [-0.2, 0) is 20.1 Å². The molecule has 5 heteroatoms. The number of aryl methyl sites for hydroxylation is 4. The monoisotopic (exact) mass is 512 g/mol. The number of benzene rings is 1. The summed E-state index contributed by atoms with van der Waals surface area (Å²) in [5, 5.41) is 8.68. The molecule has 4 nitrogen and oxygen atoms in total. The van der Waals surface area contributed by atoms with E-state index in [0.717, 1.165) is 28.6 Å². The van der Waals surface area contributed by atoms with Crippen molar-refractivity contribution in [1.82, 2.24) is 19.7 Å². The van der Waals surface area contributed by atoms with Gasteiger partial charge in [-0.2, -0.15) is 5.10 Å². The maximum Gasteiger partial charge on any atom is 0.125 e. The van der Waals surface area contributed by atoms with Gasteiger partial charge in [-0.15, -0.1) is 17.2 Å². The van der Waals surface area contributed by atoms with E-state index in [-0.39, 0.29) is 20.1 Å². The minimum absolute atomic E-state index is 0. The van der Waals surface area contributed by atoms with E-state index in [1.54, 1.807) is 0 Å². The summed E-state index contributed by atoms with van der Waals surface area (Å²) in [5.74, 6) is 2.03. The Kier molecular flexibility index (Phi) is 5.91. The third-order valence-electron chi connectivity index (χ3n) is 4.23. The SMILES string of the molecule is Cc1cc(C)c(-n2c(C)nnc2-c2[c-]cc(C(C)C)nc2)c(C)c1.[Ir]. The Morgan fingerprint density at radius 2 is 1.64 bits per heavy atom. The zero-order valence-corrected chi connectivity index (χ0v) is 17.9. The largest absolute Gasteiger partial charge is 0.356 e. The zero-order valence-electron chi connectivity index (χ0n) is 15.5. The molecule has 3 aromatic rings. The number of hydrogen-bond acceptors (Lipinski definition) is 3. The molecule has 0 saturated heterocycles. The van der Waals surface area contributed by atoms with Crippen molar-refractivity contribution in [2.45, 2.75) is 47.5 Å². The van der Waals surface area contributed by atoms with Gasteiger partial charge in [-0.25, -0.2) is 0 Å². The fraction of sp³-hybridized carbons (Fsp3) is 0.350. The van der Waals surface area contributed by atoms with Gasteiger partial charge in [0, 0.05) is 25.8 Å². The Morgan fingerprint density at radius 3 is 2.16 bits per heavy atom. The van der Waals surface area contributed by atoms with Gasteiger partial charge in [-0.1, -0.05) is 43.3 Å². The van der Waals surface area contributed by atoms with Crippen molar-refractivity contribution < 1.29 is 20.1 Å². The Hall–Kier alpha value is -1.84. The first kappa shape index (κ1) is 19.5. The predicted molar refractivity (Wildman–Crippen MR) is 96.5 cm³/mol. The minimum atomic E-state index is 0. The molecule has 0 atom stereocenters. The Labute approximate surface area is 163 Å². The number of nitrogens with zero attached hydrogens (tertiary/aromatic N) is 4. The fourth-order valence-corrected chi connectivity index (χ4v) is 3.13. The van der Waals surface area contributed by atoms with Gasteiger partial charge < -0.3 is 9.55 Å². The molecular weight excluding hydrogens is 488 g/mol. The topological polar surface area (TPSA) is 43.6 Å². The number of pyridine rings is 1. The maximum atomic E-state index is 4.55. The molecule has 0 saturated carbocycles. The van der Waals surface area contributed by atoms with Crippen molar-refractivity contribution in [2.24, 2.45) is 0 Å². The number of aromatic nitrogens is 4. The van der Waals surface area contributed by atoms with Gasteiger partial charge >= 0.3 is 0 Å². The molecule has 1 radical (unpaired) electrons. The van der Waals surface area contributed by atoms with Crippen LogP contribution in [0.4, 0.5) is 0 Å². The average Bonchev–Trinajstić information content (AvgIpc) is 2.88. The quantitative estimate of drug-likeness (QED) is 0.487. The van der Waals surface area contributed by atoms with Gasteiger partial charge in [0.2, 0.25) is 0 Å². The van der Waals surface area contributed by atoms with Crippen LogP contribution in [0.15, 0.2) is 24.4 Å². The Morgan fingerprint density at radius 1 is 1.00 bits per heavy atom. The van der Waals surface area contributed by atoms with E-state index in [4.69, 9.17) is 0 Å². The van der Waals surface area contributed by atoms with Crippen LogP contribution in [0.25, 0.3) is 17.1 Å². The molecular formula is C20H23IrN4-. The molecule has 0 aliphatic rings. The Balaban J connectivity index is 0.00000225. The van der Waals surface area contributed by atoms with Crippen LogP contribution in [0, 0.1) is 33.8 Å². The minimum Gasteiger partial charge on any atom is -0.356 e. The molecule has 1 aromatic carbocycles. The first-order chi connectivity index (χ1) is 11.4. The zero-order chi connectivity index (χ0) is 17.4. The maximum absolute atomic E-state index is 4.55. The summed E-state index contributed by atoms with van der Waals surface area (Å²) >= 11 is 0. The summed E-state index contributed by atoms with van der Waals surface area (Å²) in [5.41, 5.74) is 6.71. The van der Waals surface area contributed by atoms with E-state index in [0.29, 0.717) is 5.92 Å². The standard InChI is InChI=1S/C20H23N4.Ir/c1-12(2)18-8-7-17(11-21-18)20-23-22-16(6)24(20)19-14(4)9-13(3)10-15(19)5;/h8-12H,1-6H3;/q-1;. The van der Waals surface area contributed by atoms with Crippen molar-refractivity contribution in [3.8, 4) is 17.1 Å². The normalized spacial score (nSPS) is 10.8. The van der Waals surface area contributed by atoms with E-state index in [1.165, 1.54) is 16.7 Å². The van der Waals surface area contributed by atoms with Crippen LogP contribution in [0.5, 0.6) is 0 Å². The van der Waals surface area contributed by atoms with E-state index in [9.17, 15) is 0 Å². The van der Waals surface area contributed by atoms with Crippen molar-refractivity contribution in [1.29, 1.82) is 0 Å². The molecule has 0 aliphatic carbocycles. The molecule has 0 N–H and O–H groups in total. The van der Waals surface area contributed by atoms with Crippen molar-refractivity contribution in [3.63, 3.8) is 0 Å². The molecule has 3 rings (SSSR count). The first-order valence-corrected chi connectivity index (χ1v) is 8.26. The summed E-state index contributed by atoms with van der Waals surface area (Å²) < 4.78 is 2.10. The van der Waals surface area contributed by atoms with Gasteiger partial charge in [0.05, 0.1) is 5.82 Å². The van der Waals surface area contributed by atoms with Crippen molar-refractivity contribution >= 4 is 0 Å². The van der Waals surface area contributed by atoms with Gasteiger partial charge in [0.1, 0.15) is 5.82 Å². The molecule has 2 aromatic heterocycles. The summed E-state index contributed by atoms with van der Waals surface area (Å²) in [4.78, 5) is 4.55. The van der Waals surface area contributed by atoms with Crippen LogP contribution >= 0.6 is 0 Å². The Bertz CT molecular complexity index is 856. The van der Waals surface area contributed by atoms with E-state index in [1.807, 2.05) is 19.2 Å². The van der Waals surface area contributed by atoms with E-state index >= 15 is 0 Å². The second kappa shape index (κ2) is 7.59. The average molecular weight is 512 g/mol. The van der Waals surface area contributed by atoms with Crippen LogP contribution in [0.2, 0.25) is 0 Å². The van der Waals surface area contributed by atoms with Crippen molar-refractivity contribution in [2.75, 3.05) is 0 Å². The van der Waals surface area contributed by atoms with Gasteiger partial charge in [0.15, 0.2) is 0 Å². The third-order valence-corrected chi connectivity index (χ3v) is 4.23. The molecule has 0 bridgehead atoms. The van der Waals surface area contributed by atoms with Crippen LogP contribution in [-0.4, -0.2) is 19.7 Å². The van der Waals surface area contributed by atoms with Crippen LogP contribution < -0.4 is 0 Å². The fourth-order valence-electron chi connectivity index (χ4n) is 3.13. The van der Waals surface area contributed by atoms with Crippen molar-refractivity contribution in [3.05, 3.63) is 58.7 Å². The summed E-state index contributed by atoms with van der Waals surface area (Å²) in [6.07, 6.45) is 1.84. The first-order valence-electron chi connectivity index (χ1n) is 8.26. The molecule has 25 heavy (non-hydrogen) atoms. The molecule has 0 fully saturated rings. The molecule has 0 unspecified atom stereocenters. The van der Waals surface area contributed by atoms with Gasteiger partial charge in [0.25, 0.3) is 0 Å². The smallest absolute Gasteiger partial charge is 0.125 e. The molecule has 0 aliphatic heterocycles. The summed E-state index contributed by atoms with van der Waals surface area (Å²) in [7, 11) is 0. The molecule has 133 valence electrons. The second-order valence-corrected chi connectivity index (χ2v) is 6.69. The van der Waals surface area contributed by atoms with Crippen LogP contribution in [0.3, 0.4) is 0 Å². The second-order valence-electron chi connectivity index (χ2n) is 6.69. The van der Waals surface area contributed by atoms with E-state index < -0.39 is 0 Å². The predicted octanol–water partition coefficient (Wildman–Crippen LogP) is 4.48. The van der Waals surface area contributed by atoms with E-state index in [2.05, 4.69) is 72.6 Å². The summed E-state index contributed by atoms with van der Waals surface area (Å²) in [6.45, 7) is 12.6. The third kappa shape index (κ3) is 3.73. The number of hydrogen-bond donors (Lipinski definition) is 0. The van der Waals surface area contributed by atoms with Gasteiger partial charge in [-0.05, 0) is 50.4 Å². The summed E-state index contributed by atoms with van der Waals surface area (Å²) in [6, 6.07) is 9.65. The molecule has 2 heterocycles. The number of rotatable bonds is 3. The van der Waals surface area contributed by atoms with Gasteiger partial charge in [-0.3, -0.25) is 0 Å². The molecule has 0 amide bonds.